The summed E-state index contributed by atoms with van der Waals surface area (Å²) >= 11 is 0. The van der Waals surface area contributed by atoms with Gasteiger partial charge in [0.25, 0.3) is 11.7 Å². The lowest BCUT2D eigenvalue weighted by molar-refractivity contribution is -0.132. The highest BCUT2D eigenvalue weighted by atomic mass is 16.5. The van der Waals surface area contributed by atoms with Crippen LogP contribution in [-0.2, 0) is 9.59 Å². The topological polar surface area (TPSA) is 70.1 Å². The quantitative estimate of drug-likeness (QED) is 0.315. The van der Waals surface area contributed by atoms with Crippen LogP contribution in [0.1, 0.15) is 31.0 Å². The highest BCUT2D eigenvalue weighted by Gasteiger charge is 2.47. The van der Waals surface area contributed by atoms with Crippen molar-refractivity contribution >= 4 is 28.8 Å². The standard InChI is InChI=1S/C28H28N2O4/c1-18(2)34-23-16-14-22(15-17-23)30-25(19-10-12-21(13-11-19)29(3)4)24(27(32)28(30)33)26(31)20-8-6-5-7-9-20/h5-18,25,31H,1-4H3/b26-24-. The minimum absolute atomic E-state index is 0.0150. The second-order valence-electron chi connectivity index (χ2n) is 8.68. The zero-order valence-corrected chi connectivity index (χ0v) is 19.7. The van der Waals surface area contributed by atoms with E-state index in [0.29, 0.717) is 17.0 Å². The van der Waals surface area contributed by atoms with Gasteiger partial charge in [0.1, 0.15) is 11.5 Å². The van der Waals surface area contributed by atoms with Crippen LogP contribution >= 0.6 is 0 Å². The normalized spacial score (nSPS) is 17.3. The molecule has 0 aromatic heterocycles. The molecule has 1 amide bonds. The third-order valence-corrected chi connectivity index (χ3v) is 5.70. The van der Waals surface area contributed by atoms with Crippen molar-refractivity contribution in [3.05, 3.63) is 95.6 Å². The van der Waals surface area contributed by atoms with Crippen LogP contribution in [0.15, 0.2) is 84.4 Å². The molecule has 6 nitrogen and oxygen atoms in total. The number of hydrogen-bond donors (Lipinski definition) is 1. The van der Waals surface area contributed by atoms with Crippen molar-refractivity contribution in [3.8, 4) is 5.75 Å². The molecule has 0 radical (unpaired) electrons. The number of ether oxygens (including phenoxy) is 1. The predicted molar refractivity (Wildman–Crippen MR) is 134 cm³/mol. The molecular formula is C28H28N2O4. The molecule has 6 heteroatoms. The van der Waals surface area contributed by atoms with Crippen molar-refractivity contribution in [1.29, 1.82) is 0 Å². The first-order chi connectivity index (χ1) is 16.3. The van der Waals surface area contributed by atoms with Gasteiger partial charge >= 0.3 is 0 Å². The number of benzene rings is 3. The molecule has 0 aliphatic carbocycles. The van der Waals surface area contributed by atoms with Gasteiger partial charge < -0.3 is 14.7 Å². The third kappa shape index (κ3) is 4.39. The molecule has 1 fully saturated rings. The van der Waals surface area contributed by atoms with Crippen LogP contribution in [-0.4, -0.2) is 37.0 Å². The number of amides is 1. The molecule has 0 saturated carbocycles. The second kappa shape index (κ2) is 9.43. The number of ketones is 1. The van der Waals surface area contributed by atoms with Gasteiger partial charge in [-0.2, -0.15) is 0 Å². The molecule has 174 valence electrons. The smallest absolute Gasteiger partial charge is 0.300 e. The van der Waals surface area contributed by atoms with Gasteiger partial charge in [-0.3, -0.25) is 14.5 Å². The highest BCUT2D eigenvalue weighted by Crippen LogP contribution is 2.42. The fourth-order valence-corrected chi connectivity index (χ4v) is 4.08. The number of carbonyl (C=O) groups excluding carboxylic acids is 2. The number of anilines is 2. The molecule has 34 heavy (non-hydrogen) atoms. The molecule has 4 rings (SSSR count). The summed E-state index contributed by atoms with van der Waals surface area (Å²) in [5, 5.41) is 11.1. The number of Topliss-reactive ketones (excluding diaryl/α,β-unsaturated/α-hetero) is 1. The molecule has 3 aromatic carbocycles. The number of aliphatic hydroxyl groups is 1. The summed E-state index contributed by atoms with van der Waals surface area (Å²) in [6, 6.07) is 22.7. The zero-order valence-electron chi connectivity index (χ0n) is 19.7. The fourth-order valence-electron chi connectivity index (χ4n) is 4.08. The van der Waals surface area contributed by atoms with Gasteiger partial charge in [0.2, 0.25) is 0 Å². The molecule has 0 bridgehead atoms. The van der Waals surface area contributed by atoms with E-state index in [4.69, 9.17) is 4.74 Å². The molecule has 0 spiro atoms. The molecule has 1 heterocycles. The van der Waals surface area contributed by atoms with Gasteiger partial charge in [-0.05, 0) is 55.8 Å². The van der Waals surface area contributed by atoms with Gasteiger partial charge in [0, 0.05) is 31.0 Å². The van der Waals surface area contributed by atoms with Crippen LogP contribution in [0.3, 0.4) is 0 Å². The Hall–Kier alpha value is -4.06. The van der Waals surface area contributed by atoms with Crippen molar-refractivity contribution in [2.45, 2.75) is 26.0 Å². The van der Waals surface area contributed by atoms with E-state index in [0.717, 1.165) is 11.3 Å². The maximum atomic E-state index is 13.3. The third-order valence-electron chi connectivity index (χ3n) is 5.70. The van der Waals surface area contributed by atoms with Crippen LogP contribution in [0.4, 0.5) is 11.4 Å². The van der Waals surface area contributed by atoms with Gasteiger partial charge in [0.05, 0.1) is 17.7 Å². The number of hydrogen-bond acceptors (Lipinski definition) is 5. The number of aliphatic hydroxyl groups excluding tert-OH is 1. The Kier molecular flexibility index (Phi) is 6.41. The van der Waals surface area contributed by atoms with Crippen LogP contribution in [0.25, 0.3) is 5.76 Å². The Bertz CT molecular complexity index is 1210. The van der Waals surface area contributed by atoms with Crippen molar-refractivity contribution in [2.75, 3.05) is 23.9 Å². The summed E-state index contributed by atoms with van der Waals surface area (Å²) in [6.45, 7) is 3.88. The lowest BCUT2D eigenvalue weighted by Crippen LogP contribution is -2.29. The van der Waals surface area contributed by atoms with E-state index >= 15 is 0 Å². The van der Waals surface area contributed by atoms with E-state index < -0.39 is 17.7 Å². The first-order valence-electron chi connectivity index (χ1n) is 11.2. The minimum atomic E-state index is -0.770. The van der Waals surface area contributed by atoms with Gasteiger partial charge in [-0.25, -0.2) is 0 Å². The van der Waals surface area contributed by atoms with Gasteiger partial charge in [0.15, 0.2) is 0 Å². The summed E-state index contributed by atoms with van der Waals surface area (Å²) < 4.78 is 5.72. The van der Waals surface area contributed by atoms with E-state index in [9.17, 15) is 14.7 Å². The summed E-state index contributed by atoms with van der Waals surface area (Å²) in [7, 11) is 3.88. The average Bonchev–Trinajstić information content (AvgIpc) is 3.10. The number of nitrogens with zero attached hydrogens (tertiary/aromatic N) is 2. The SMILES string of the molecule is CC(C)Oc1ccc(N2C(=O)C(=O)/C(=C(\O)c3ccccc3)C2c2ccc(N(C)C)cc2)cc1. The maximum absolute atomic E-state index is 13.3. The Balaban J connectivity index is 1.86. The van der Waals surface area contributed by atoms with E-state index in [2.05, 4.69) is 0 Å². The Labute approximate surface area is 199 Å². The fraction of sp³-hybridized carbons (Fsp3) is 0.214. The van der Waals surface area contributed by atoms with Crippen molar-refractivity contribution in [1.82, 2.24) is 0 Å². The van der Waals surface area contributed by atoms with Gasteiger partial charge in [-0.15, -0.1) is 0 Å². The summed E-state index contributed by atoms with van der Waals surface area (Å²) in [5.41, 5.74) is 2.81. The first kappa shape index (κ1) is 23.1. The number of rotatable bonds is 6. The Morgan fingerprint density at radius 1 is 0.912 bits per heavy atom. The van der Waals surface area contributed by atoms with Crippen LogP contribution in [0.2, 0.25) is 0 Å². The van der Waals surface area contributed by atoms with Gasteiger partial charge in [-0.1, -0.05) is 42.5 Å². The van der Waals surface area contributed by atoms with Crippen molar-refractivity contribution in [2.24, 2.45) is 0 Å². The van der Waals surface area contributed by atoms with E-state index in [1.807, 2.05) is 63.2 Å². The first-order valence-corrected chi connectivity index (χ1v) is 11.2. The van der Waals surface area contributed by atoms with E-state index in [1.54, 1.807) is 48.5 Å². The van der Waals surface area contributed by atoms with Crippen molar-refractivity contribution in [3.63, 3.8) is 0 Å². The number of carbonyl (C=O) groups is 2. The summed E-state index contributed by atoms with van der Waals surface area (Å²) in [6.07, 6.45) is 0.0150. The van der Waals surface area contributed by atoms with Crippen LogP contribution in [0.5, 0.6) is 5.75 Å². The van der Waals surface area contributed by atoms with Crippen LogP contribution in [0, 0.1) is 0 Å². The van der Waals surface area contributed by atoms with E-state index in [1.165, 1.54) is 4.90 Å². The highest BCUT2D eigenvalue weighted by molar-refractivity contribution is 6.51. The molecular weight excluding hydrogens is 428 g/mol. The van der Waals surface area contributed by atoms with Crippen LogP contribution < -0.4 is 14.5 Å². The predicted octanol–water partition coefficient (Wildman–Crippen LogP) is 5.17. The molecule has 1 aliphatic heterocycles. The largest absolute Gasteiger partial charge is 0.507 e. The molecule has 1 atom stereocenters. The molecule has 3 aromatic rings. The monoisotopic (exact) mass is 456 g/mol. The van der Waals surface area contributed by atoms with Crippen molar-refractivity contribution < 1.29 is 19.4 Å². The molecule has 1 unspecified atom stereocenters. The second-order valence-corrected chi connectivity index (χ2v) is 8.68. The molecule has 1 N–H and O–H groups in total. The Morgan fingerprint density at radius 3 is 2.09 bits per heavy atom. The maximum Gasteiger partial charge on any atom is 0.300 e. The summed E-state index contributed by atoms with van der Waals surface area (Å²) in [4.78, 5) is 29.9. The summed E-state index contributed by atoms with van der Waals surface area (Å²) in [5.74, 6) is -0.920. The molecule has 1 aliphatic rings. The van der Waals surface area contributed by atoms with E-state index in [-0.39, 0.29) is 17.4 Å². The average molecular weight is 457 g/mol. The molecule has 1 saturated heterocycles. The zero-order chi connectivity index (χ0) is 24.4. The lowest BCUT2D eigenvalue weighted by Gasteiger charge is -2.26. The Morgan fingerprint density at radius 2 is 1.53 bits per heavy atom. The lowest BCUT2D eigenvalue weighted by atomic mass is 9.95. The minimum Gasteiger partial charge on any atom is -0.507 e.